The first-order chi connectivity index (χ1) is 9.76. The summed E-state index contributed by atoms with van der Waals surface area (Å²) >= 11 is 0. The molecule has 0 saturated carbocycles. The lowest BCUT2D eigenvalue weighted by Crippen LogP contribution is -2.34. The number of hydrogen-bond acceptors (Lipinski definition) is 3. The quantitative estimate of drug-likeness (QED) is 0.855. The Bertz CT molecular complexity index is 556. The van der Waals surface area contributed by atoms with Crippen LogP contribution in [0.2, 0.25) is 0 Å². The van der Waals surface area contributed by atoms with Gasteiger partial charge in [-0.2, -0.15) is 10.2 Å². The Morgan fingerprint density at radius 3 is 3.00 bits per heavy atom. The minimum atomic E-state index is 0.572. The molecule has 2 aromatic rings. The minimum Gasteiger partial charge on any atom is -0.297 e. The number of piperidine rings is 1. The molecule has 0 bridgehead atoms. The summed E-state index contributed by atoms with van der Waals surface area (Å²) in [7, 11) is 1.99. The van der Waals surface area contributed by atoms with Crippen molar-refractivity contribution in [2.24, 2.45) is 7.05 Å². The van der Waals surface area contributed by atoms with Crippen LogP contribution in [-0.4, -0.2) is 37.6 Å². The van der Waals surface area contributed by atoms with Gasteiger partial charge in [-0.1, -0.05) is 0 Å². The Hall–Kier alpha value is -1.62. The van der Waals surface area contributed by atoms with Crippen molar-refractivity contribution >= 4 is 0 Å². The molecule has 0 aliphatic carbocycles. The summed E-state index contributed by atoms with van der Waals surface area (Å²) in [5.74, 6) is 0.572. The molecular weight excluding hydrogens is 250 g/mol. The fourth-order valence-corrected chi connectivity index (χ4v) is 3.10. The predicted molar refractivity (Wildman–Crippen MR) is 78.4 cm³/mol. The normalized spacial score (nSPS) is 20.4. The van der Waals surface area contributed by atoms with Crippen molar-refractivity contribution in [2.75, 3.05) is 13.1 Å². The molecule has 5 heteroatoms. The maximum Gasteiger partial charge on any atom is 0.0668 e. The molecular formula is C15H23N5. The molecule has 1 fully saturated rings. The average Bonchev–Trinajstić information content (AvgIpc) is 3.08. The number of aryl methyl sites for hydroxylation is 2. The molecule has 0 spiro atoms. The van der Waals surface area contributed by atoms with Gasteiger partial charge in [0.05, 0.1) is 11.4 Å². The van der Waals surface area contributed by atoms with E-state index >= 15 is 0 Å². The second-order valence-electron chi connectivity index (χ2n) is 5.63. The van der Waals surface area contributed by atoms with Gasteiger partial charge < -0.3 is 0 Å². The zero-order valence-electron chi connectivity index (χ0n) is 12.4. The van der Waals surface area contributed by atoms with E-state index in [0.717, 1.165) is 19.6 Å². The van der Waals surface area contributed by atoms with E-state index in [-0.39, 0.29) is 0 Å². The SMILES string of the molecule is CCn1nccc1CN1CCCC(c2ccn(C)n2)C1. The zero-order chi connectivity index (χ0) is 13.9. The number of hydrogen-bond donors (Lipinski definition) is 0. The van der Waals surface area contributed by atoms with Gasteiger partial charge in [0.25, 0.3) is 0 Å². The van der Waals surface area contributed by atoms with Gasteiger partial charge in [-0.25, -0.2) is 0 Å². The van der Waals surface area contributed by atoms with E-state index in [9.17, 15) is 0 Å². The van der Waals surface area contributed by atoms with Crippen LogP contribution in [0.5, 0.6) is 0 Å². The summed E-state index contributed by atoms with van der Waals surface area (Å²) in [5.41, 5.74) is 2.55. The number of aromatic nitrogens is 4. The van der Waals surface area contributed by atoms with Gasteiger partial charge in [0.2, 0.25) is 0 Å². The van der Waals surface area contributed by atoms with Crippen LogP contribution in [0.4, 0.5) is 0 Å². The first kappa shape index (κ1) is 13.4. The smallest absolute Gasteiger partial charge is 0.0668 e. The third kappa shape index (κ3) is 2.77. The number of nitrogens with zero attached hydrogens (tertiary/aromatic N) is 5. The second-order valence-corrected chi connectivity index (χ2v) is 5.63. The fraction of sp³-hybridized carbons (Fsp3) is 0.600. The lowest BCUT2D eigenvalue weighted by Gasteiger charge is -2.31. The zero-order valence-corrected chi connectivity index (χ0v) is 12.4. The van der Waals surface area contributed by atoms with Crippen molar-refractivity contribution in [1.82, 2.24) is 24.5 Å². The van der Waals surface area contributed by atoms with Crippen LogP contribution in [-0.2, 0) is 20.1 Å². The van der Waals surface area contributed by atoms with Crippen molar-refractivity contribution in [2.45, 2.75) is 38.8 Å². The van der Waals surface area contributed by atoms with Gasteiger partial charge in [-0.15, -0.1) is 0 Å². The van der Waals surface area contributed by atoms with E-state index < -0.39 is 0 Å². The molecule has 3 heterocycles. The summed E-state index contributed by atoms with van der Waals surface area (Å²) in [6.45, 7) is 6.37. The van der Waals surface area contributed by atoms with Crippen molar-refractivity contribution in [3.05, 3.63) is 35.9 Å². The molecule has 1 atom stereocenters. The van der Waals surface area contributed by atoms with Crippen molar-refractivity contribution in [3.8, 4) is 0 Å². The summed E-state index contributed by atoms with van der Waals surface area (Å²) in [6.07, 6.45) is 6.45. The van der Waals surface area contributed by atoms with Crippen LogP contribution < -0.4 is 0 Å². The molecule has 5 nitrogen and oxygen atoms in total. The van der Waals surface area contributed by atoms with E-state index in [4.69, 9.17) is 0 Å². The van der Waals surface area contributed by atoms with Crippen LogP contribution in [0, 0.1) is 0 Å². The van der Waals surface area contributed by atoms with E-state index in [2.05, 4.69) is 38.8 Å². The molecule has 3 rings (SSSR count). The topological polar surface area (TPSA) is 38.9 Å². The van der Waals surface area contributed by atoms with Gasteiger partial charge >= 0.3 is 0 Å². The maximum atomic E-state index is 4.57. The van der Waals surface area contributed by atoms with E-state index in [1.165, 1.54) is 30.8 Å². The van der Waals surface area contributed by atoms with Gasteiger partial charge in [0, 0.05) is 45.0 Å². The summed E-state index contributed by atoms with van der Waals surface area (Å²) in [6, 6.07) is 4.29. The van der Waals surface area contributed by atoms with Gasteiger partial charge in [0.15, 0.2) is 0 Å². The van der Waals surface area contributed by atoms with Gasteiger partial charge in [-0.3, -0.25) is 14.3 Å². The lowest BCUT2D eigenvalue weighted by molar-refractivity contribution is 0.193. The van der Waals surface area contributed by atoms with E-state index in [1.54, 1.807) is 0 Å². The van der Waals surface area contributed by atoms with Crippen molar-refractivity contribution in [3.63, 3.8) is 0 Å². The third-order valence-electron chi connectivity index (χ3n) is 4.15. The summed E-state index contributed by atoms with van der Waals surface area (Å²) in [5, 5.41) is 8.93. The molecule has 0 radical (unpaired) electrons. The fourth-order valence-electron chi connectivity index (χ4n) is 3.10. The Kier molecular flexibility index (Phi) is 3.87. The molecule has 20 heavy (non-hydrogen) atoms. The summed E-state index contributed by atoms with van der Waals surface area (Å²) < 4.78 is 3.99. The minimum absolute atomic E-state index is 0.572. The van der Waals surface area contributed by atoms with Gasteiger partial charge in [0.1, 0.15) is 0 Å². The highest BCUT2D eigenvalue weighted by Gasteiger charge is 2.23. The molecule has 0 aromatic carbocycles. The van der Waals surface area contributed by atoms with E-state index in [0.29, 0.717) is 5.92 Å². The first-order valence-corrected chi connectivity index (χ1v) is 7.49. The molecule has 1 unspecified atom stereocenters. The Labute approximate surface area is 120 Å². The highest BCUT2D eigenvalue weighted by molar-refractivity contribution is 5.09. The highest BCUT2D eigenvalue weighted by Crippen LogP contribution is 2.26. The number of likely N-dealkylation sites (tertiary alicyclic amines) is 1. The molecule has 0 N–H and O–H groups in total. The van der Waals surface area contributed by atoms with Crippen molar-refractivity contribution < 1.29 is 0 Å². The molecule has 2 aromatic heterocycles. The maximum absolute atomic E-state index is 4.57. The largest absolute Gasteiger partial charge is 0.297 e. The number of rotatable bonds is 4. The molecule has 1 aliphatic heterocycles. The Morgan fingerprint density at radius 2 is 2.25 bits per heavy atom. The van der Waals surface area contributed by atoms with Crippen LogP contribution in [0.15, 0.2) is 24.5 Å². The van der Waals surface area contributed by atoms with Gasteiger partial charge in [-0.05, 0) is 38.4 Å². The first-order valence-electron chi connectivity index (χ1n) is 7.49. The highest BCUT2D eigenvalue weighted by atomic mass is 15.3. The second kappa shape index (κ2) is 5.79. The molecule has 108 valence electrons. The van der Waals surface area contributed by atoms with Crippen LogP contribution in [0.1, 0.15) is 37.1 Å². The third-order valence-corrected chi connectivity index (χ3v) is 4.15. The summed E-state index contributed by atoms with van der Waals surface area (Å²) in [4.78, 5) is 2.53. The lowest BCUT2D eigenvalue weighted by atomic mass is 9.95. The van der Waals surface area contributed by atoms with Crippen molar-refractivity contribution in [1.29, 1.82) is 0 Å². The van der Waals surface area contributed by atoms with Crippen LogP contribution in [0.3, 0.4) is 0 Å². The van der Waals surface area contributed by atoms with E-state index in [1.807, 2.05) is 24.1 Å². The molecule has 0 amide bonds. The molecule has 1 aliphatic rings. The van der Waals surface area contributed by atoms with Crippen LogP contribution >= 0.6 is 0 Å². The Morgan fingerprint density at radius 1 is 1.35 bits per heavy atom. The van der Waals surface area contributed by atoms with Crippen LogP contribution in [0.25, 0.3) is 0 Å². The standard InChI is InChI=1S/C15H23N5/c1-3-20-14(6-8-16-20)12-19-9-4-5-13(11-19)15-7-10-18(2)17-15/h6-8,10,13H,3-5,9,11-12H2,1-2H3. The predicted octanol–water partition coefficient (Wildman–Crippen LogP) is 2.02. The monoisotopic (exact) mass is 273 g/mol. The Balaban J connectivity index is 1.66. The average molecular weight is 273 g/mol. The molecule has 1 saturated heterocycles.